The molecule has 0 aliphatic heterocycles. The second-order valence-corrected chi connectivity index (χ2v) is 10.5. The van der Waals surface area contributed by atoms with Crippen molar-refractivity contribution in [2.24, 2.45) is 29.1 Å². The second kappa shape index (κ2) is 9.82. The van der Waals surface area contributed by atoms with Gasteiger partial charge in [0.25, 0.3) is 0 Å². The van der Waals surface area contributed by atoms with E-state index < -0.39 is 17.8 Å². The van der Waals surface area contributed by atoms with Crippen molar-refractivity contribution in [1.82, 2.24) is 4.98 Å². The normalized spacial score (nSPS) is 30.8. The van der Waals surface area contributed by atoms with E-state index in [0.29, 0.717) is 23.0 Å². The molecule has 2 saturated carbocycles. The van der Waals surface area contributed by atoms with E-state index in [-0.39, 0.29) is 23.9 Å². The molecule has 0 saturated heterocycles. The van der Waals surface area contributed by atoms with Crippen LogP contribution in [0.1, 0.15) is 57.2 Å². The van der Waals surface area contributed by atoms with Crippen molar-refractivity contribution in [1.29, 1.82) is 0 Å². The van der Waals surface area contributed by atoms with Crippen LogP contribution >= 0.6 is 0 Å². The Balaban J connectivity index is 1.59. The number of fused-ring (bicyclic) bond motifs is 1. The number of alkyl halides is 3. The Kier molecular flexibility index (Phi) is 7.20. The zero-order valence-electron chi connectivity index (χ0n) is 19.8. The van der Waals surface area contributed by atoms with Gasteiger partial charge in [-0.05, 0) is 78.7 Å². The number of aliphatic hydroxyl groups excluding tert-OH is 2. The minimum atomic E-state index is -4.38. The van der Waals surface area contributed by atoms with E-state index in [0.717, 1.165) is 30.7 Å². The summed E-state index contributed by atoms with van der Waals surface area (Å²) in [4.78, 5) is 4.48. The summed E-state index contributed by atoms with van der Waals surface area (Å²) in [7, 11) is 0. The molecule has 0 amide bonds. The fraction of sp³-hybridized carbons (Fsp3) is 0.536. The van der Waals surface area contributed by atoms with Crippen LogP contribution in [0.5, 0.6) is 0 Å². The molecule has 2 fully saturated rings. The van der Waals surface area contributed by atoms with Crippen LogP contribution in [0.25, 0.3) is 17.2 Å². The molecule has 0 unspecified atom stereocenters. The number of nitrogens with zero attached hydrogens (tertiary/aromatic N) is 1. The second-order valence-electron chi connectivity index (χ2n) is 10.5. The monoisotopic (exact) mass is 473 g/mol. The molecule has 6 atom stereocenters. The first-order valence-electron chi connectivity index (χ1n) is 12.2. The predicted molar refractivity (Wildman–Crippen MR) is 128 cm³/mol. The van der Waals surface area contributed by atoms with Crippen molar-refractivity contribution in [2.45, 2.75) is 58.2 Å². The first-order valence-corrected chi connectivity index (χ1v) is 12.2. The number of pyridine rings is 1. The average molecular weight is 474 g/mol. The van der Waals surface area contributed by atoms with Gasteiger partial charge in [0.1, 0.15) is 0 Å². The van der Waals surface area contributed by atoms with Gasteiger partial charge >= 0.3 is 6.18 Å². The molecule has 1 aromatic heterocycles. The smallest absolute Gasteiger partial charge is 0.396 e. The molecular formula is C28H34F3NO2. The number of halogens is 3. The minimum absolute atomic E-state index is 0.0440. The number of aromatic nitrogens is 1. The summed E-state index contributed by atoms with van der Waals surface area (Å²) in [6, 6.07) is 8.86. The molecule has 6 heteroatoms. The lowest BCUT2D eigenvalue weighted by Gasteiger charge is -2.54. The summed E-state index contributed by atoms with van der Waals surface area (Å²) >= 11 is 0. The Hall–Kier alpha value is -2.18. The highest BCUT2D eigenvalue weighted by molar-refractivity contribution is 5.64. The van der Waals surface area contributed by atoms with E-state index in [4.69, 9.17) is 0 Å². The Bertz CT molecular complexity index is 1000. The van der Waals surface area contributed by atoms with Crippen LogP contribution in [-0.2, 0) is 6.18 Å². The summed E-state index contributed by atoms with van der Waals surface area (Å²) in [5, 5.41) is 21.0. The molecule has 1 heterocycles. The number of rotatable bonds is 5. The van der Waals surface area contributed by atoms with Crippen LogP contribution in [0.2, 0.25) is 0 Å². The third-order valence-corrected chi connectivity index (χ3v) is 8.09. The van der Waals surface area contributed by atoms with E-state index >= 15 is 0 Å². The SMILES string of the molecule is C[C@@H](O)[C@H]1[C@@H](/C=C/c2ccc(-c3cccc(C(F)(F)F)c3)cn2)[C@@H]2CCCC[C@H]2C[C@@]1(C)CO. The molecule has 34 heavy (non-hydrogen) atoms. The molecule has 1 aromatic carbocycles. The summed E-state index contributed by atoms with van der Waals surface area (Å²) in [5.41, 5.74) is 0.821. The number of hydrogen-bond donors (Lipinski definition) is 2. The largest absolute Gasteiger partial charge is 0.416 e. The van der Waals surface area contributed by atoms with Gasteiger partial charge in [0.2, 0.25) is 0 Å². The molecule has 2 aliphatic carbocycles. The van der Waals surface area contributed by atoms with Crippen LogP contribution in [0.3, 0.4) is 0 Å². The Morgan fingerprint density at radius 1 is 1.15 bits per heavy atom. The molecular weight excluding hydrogens is 439 g/mol. The van der Waals surface area contributed by atoms with Crippen molar-refractivity contribution in [3.63, 3.8) is 0 Å². The van der Waals surface area contributed by atoms with Gasteiger partial charge in [0.05, 0.1) is 17.4 Å². The van der Waals surface area contributed by atoms with Crippen LogP contribution < -0.4 is 0 Å². The first kappa shape index (κ1) is 24.9. The van der Waals surface area contributed by atoms with E-state index in [9.17, 15) is 23.4 Å². The number of benzene rings is 1. The minimum Gasteiger partial charge on any atom is -0.396 e. The Morgan fingerprint density at radius 3 is 2.56 bits per heavy atom. The summed E-state index contributed by atoms with van der Waals surface area (Å²) in [5.74, 6) is 1.12. The van der Waals surface area contributed by atoms with Gasteiger partial charge in [-0.25, -0.2) is 0 Å². The Morgan fingerprint density at radius 2 is 1.91 bits per heavy atom. The van der Waals surface area contributed by atoms with E-state index in [1.807, 2.05) is 19.1 Å². The first-order chi connectivity index (χ1) is 16.1. The summed E-state index contributed by atoms with van der Waals surface area (Å²) in [6.07, 6.45) is 6.45. The molecule has 2 aliphatic rings. The van der Waals surface area contributed by atoms with Crippen molar-refractivity contribution in [3.8, 4) is 11.1 Å². The van der Waals surface area contributed by atoms with E-state index in [1.165, 1.54) is 25.3 Å². The highest BCUT2D eigenvalue weighted by Gasteiger charge is 2.51. The van der Waals surface area contributed by atoms with Gasteiger partial charge in [-0.2, -0.15) is 13.2 Å². The van der Waals surface area contributed by atoms with E-state index in [1.54, 1.807) is 18.3 Å². The lowest BCUT2D eigenvalue weighted by Crippen LogP contribution is -2.52. The van der Waals surface area contributed by atoms with Gasteiger partial charge in [0.15, 0.2) is 0 Å². The molecule has 4 rings (SSSR count). The third-order valence-electron chi connectivity index (χ3n) is 8.09. The van der Waals surface area contributed by atoms with Crippen molar-refractivity contribution < 1.29 is 23.4 Å². The predicted octanol–water partition coefficient (Wildman–Crippen LogP) is 6.60. The van der Waals surface area contributed by atoms with Gasteiger partial charge in [-0.3, -0.25) is 4.98 Å². The van der Waals surface area contributed by atoms with Gasteiger partial charge in [0, 0.05) is 18.4 Å². The third kappa shape index (κ3) is 5.08. The maximum Gasteiger partial charge on any atom is 0.416 e. The van der Waals surface area contributed by atoms with Crippen LogP contribution in [0.15, 0.2) is 48.7 Å². The quantitative estimate of drug-likeness (QED) is 0.514. The summed E-state index contributed by atoms with van der Waals surface area (Å²) in [6.45, 7) is 3.98. The van der Waals surface area contributed by atoms with Gasteiger partial charge in [-0.1, -0.05) is 50.5 Å². The lowest BCUT2D eigenvalue weighted by atomic mass is 9.51. The molecule has 184 valence electrons. The van der Waals surface area contributed by atoms with Gasteiger partial charge < -0.3 is 10.2 Å². The fourth-order valence-electron chi connectivity index (χ4n) is 6.56. The van der Waals surface area contributed by atoms with Gasteiger partial charge in [-0.15, -0.1) is 0 Å². The zero-order chi connectivity index (χ0) is 24.5. The molecule has 2 aromatic rings. The maximum atomic E-state index is 13.1. The lowest BCUT2D eigenvalue weighted by molar-refractivity contribution is -0.137. The number of allylic oxidation sites excluding steroid dienone is 1. The molecule has 3 nitrogen and oxygen atoms in total. The van der Waals surface area contributed by atoms with Crippen molar-refractivity contribution >= 4 is 6.08 Å². The standard InChI is InChI=1S/C28H34F3NO2/c1-18(34)26-25(24-9-4-3-6-20(24)15-27(26,2)17-33)13-12-23-11-10-21(16-32-23)19-7-5-8-22(14-19)28(29,30)31/h5,7-8,10-14,16,18,20,24-26,33-34H,3-4,6,9,15,17H2,1-2H3/b13-12+/t18-,20+,24-,25+,26+,27+/m1/s1. The highest BCUT2D eigenvalue weighted by Crippen LogP contribution is 2.55. The Labute approximate surface area is 199 Å². The summed E-state index contributed by atoms with van der Waals surface area (Å²) < 4.78 is 39.2. The number of hydrogen-bond acceptors (Lipinski definition) is 3. The highest BCUT2D eigenvalue weighted by atomic mass is 19.4. The molecule has 0 spiro atoms. The van der Waals surface area contributed by atoms with Crippen LogP contribution in [0, 0.1) is 29.1 Å². The molecule has 0 radical (unpaired) electrons. The molecule has 2 N–H and O–H groups in total. The van der Waals surface area contributed by atoms with Crippen LogP contribution in [0.4, 0.5) is 13.2 Å². The fourth-order valence-corrected chi connectivity index (χ4v) is 6.56. The van der Waals surface area contributed by atoms with Crippen LogP contribution in [-0.4, -0.2) is 27.9 Å². The average Bonchev–Trinajstić information content (AvgIpc) is 2.82. The zero-order valence-corrected chi connectivity index (χ0v) is 19.8. The topological polar surface area (TPSA) is 53.4 Å². The van der Waals surface area contributed by atoms with E-state index in [2.05, 4.69) is 18.0 Å². The van der Waals surface area contributed by atoms with Crippen molar-refractivity contribution in [2.75, 3.05) is 6.61 Å². The molecule has 0 bridgehead atoms. The number of aliphatic hydroxyl groups is 2. The maximum absolute atomic E-state index is 13.1. The van der Waals surface area contributed by atoms with Crippen molar-refractivity contribution in [3.05, 3.63) is 59.9 Å².